The summed E-state index contributed by atoms with van der Waals surface area (Å²) in [7, 11) is 0. The number of nitrogens with zero attached hydrogens (tertiary/aromatic N) is 2. The Morgan fingerprint density at radius 2 is 2.00 bits per heavy atom. The number of aromatic nitrogens is 2. The van der Waals surface area contributed by atoms with Crippen LogP contribution in [0.25, 0.3) is 0 Å². The largest absolute Gasteiger partial charge is 0.391 e. The molecule has 0 spiro atoms. The minimum Gasteiger partial charge on any atom is -0.391 e. The third kappa shape index (κ3) is 4.48. The van der Waals surface area contributed by atoms with Gasteiger partial charge in [0.15, 0.2) is 0 Å². The molecule has 0 saturated heterocycles. The lowest BCUT2D eigenvalue weighted by atomic mass is 9.97. The lowest BCUT2D eigenvalue weighted by molar-refractivity contribution is 0.114. The van der Waals surface area contributed by atoms with E-state index in [1.807, 2.05) is 13.0 Å². The van der Waals surface area contributed by atoms with E-state index in [1.54, 1.807) is 0 Å². The van der Waals surface area contributed by atoms with Crippen LogP contribution in [0, 0.1) is 12.8 Å². The lowest BCUT2D eigenvalue weighted by Gasteiger charge is -2.20. The third-order valence-electron chi connectivity index (χ3n) is 2.91. The summed E-state index contributed by atoms with van der Waals surface area (Å²) in [5.74, 6) is 0.980. The fourth-order valence-electron chi connectivity index (χ4n) is 1.83. The molecule has 0 saturated carbocycles. The van der Waals surface area contributed by atoms with Gasteiger partial charge in [0.1, 0.15) is 5.82 Å². The van der Waals surface area contributed by atoms with Gasteiger partial charge in [0.05, 0.1) is 6.10 Å². The molecule has 0 aliphatic heterocycles. The van der Waals surface area contributed by atoms with E-state index in [0.717, 1.165) is 18.5 Å². The van der Waals surface area contributed by atoms with Gasteiger partial charge in [-0.1, -0.05) is 26.7 Å². The second-order valence-corrected chi connectivity index (χ2v) is 4.53. The van der Waals surface area contributed by atoms with Gasteiger partial charge in [0.25, 0.3) is 0 Å². The first-order valence-electron chi connectivity index (χ1n) is 5.99. The molecule has 1 aromatic heterocycles. The molecule has 5 heteroatoms. The smallest absolute Gasteiger partial charge is 0.224 e. The normalized spacial score (nSPS) is 12.8. The molecule has 96 valence electrons. The summed E-state index contributed by atoms with van der Waals surface area (Å²) >= 11 is 5.76. The van der Waals surface area contributed by atoms with Gasteiger partial charge in [-0.3, -0.25) is 0 Å². The molecule has 0 aromatic carbocycles. The maximum Gasteiger partial charge on any atom is 0.224 e. The molecule has 0 fully saturated rings. The summed E-state index contributed by atoms with van der Waals surface area (Å²) < 4.78 is 0. The molecular formula is C12H20ClN3O. The van der Waals surface area contributed by atoms with Crippen LogP contribution in [0.4, 0.5) is 5.82 Å². The molecule has 0 radical (unpaired) electrons. The fraction of sp³-hybridized carbons (Fsp3) is 0.667. The highest BCUT2D eigenvalue weighted by atomic mass is 35.5. The van der Waals surface area contributed by atoms with E-state index in [4.69, 9.17) is 11.6 Å². The van der Waals surface area contributed by atoms with Crippen LogP contribution in [-0.2, 0) is 0 Å². The highest BCUT2D eigenvalue weighted by Gasteiger charge is 2.15. The van der Waals surface area contributed by atoms with Crippen molar-refractivity contribution in [3.63, 3.8) is 0 Å². The molecule has 1 rings (SSSR count). The topological polar surface area (TPSA) is 58.0 Å². The number of rotatable bonds is 6. The zero-order valence-corrected chi connectivity index (χ0v) is 11.3. The molecule has 0 bridgehead atoms. The maximum absolute atomic E-state index is 9.97. The maximum atomic E-state index is 9.97. The van der Waals surface area contributed by atoms with Crippen molar-refractivity contribution in [1.29, 1.82) is 0 Å². The number of nitrogens with one attached hydrogen (secondary N) is 1. The first kappa shape index (κ1) is 14.2. The van der Waals surface area contributed by atoms with Crippen molar-refractivity contribution in [3.05, 3.63) is 17.0 Å². The Kier molecular flexibility index (Phi) is 5.65. The van der Waals surface area contributed by atoms with Gasteiger partial charge in [-0.2, -0.15) is 0 Å². The Bertz CT molecular complexity index is 335. The van der Waals surface area contributed by atoms with Gasteiger partial charge in [-0.15, -0.1) is 0 Å². The zero-order valence-electron chi connectivity index (χ0n) is 10.6. The van der Waals surface area contributed by atoms with Crippen LogP contribution in [0.1, 0.15) is 32.4 Å². The summed E-state index contributed by atoms with van der Waals surface area (Å²) in [5, 5.41) is 13.3. The molecule has 1 unspecified atom stereocenters. The molecule has 1 heterocycles. The van der Waals surface area contributed by atoms with Crippen molar-refractivity contribution in [2.24, 2.45) is 5.92 Å². The second kappa shape index (κ2) is 6.77. The second-order valence-electron chi connectivity index (χ2n) is 4.19. The number of aliphatic hydroxyl groups excluding tert-OH is 1. The quantitative estimate of drug-likeness (QED) is 0.770. The van der Waals surface area contributed by atoms with E-state index in [9.17, 15) is 5.11 Å². The molecule has 0 aliphatic carbocycles. The number of hydrogen-bond donors (Lipinski definition) is 2. The summed E-state index contributed by atoms with van der Waals surface area (Å²) in [6.07, 6.45) is 1.59. The van der Waals surface area contributed by atoms with Gasteiger partial charge in [0.2, 0.25) is 5.28 Å². The summed E-state index contributed by atoms with van der Waals surface area (Å²) in [5.41, 5.74) is 0.810. The van der Waals surface area contributed by atoms with E-state index in [-0.39, 0.29) is 11.4 Å². The Labute approximate surface area is 107 Å². The van der Waals surface area contributed by atoms with Crippen molar-refractivity contribution in [2.45, 2.75) is 39.7 Å². The van der Waals surface area contributed by atoms with Crippen molar-refractivity contribution >= 4 is 17.4 Å². The Hall–Kier alpha value is -0.870. The fourth-order valence-corrected chi connectivity index (χ4v) is 2.06. The highest BCUT2D eigenvalue weighted by Crippen LogP contribution is 2.15. The van der Waals surface area contributed by atoms with Gasteiger partial charge in [-0.25, -0.2) is 9.97 Å². The van der Waals surface area contributed by atoms with Crippen molar-refractivity contribution in [3.8, 4) is 0 Å². The first-order valence-corrected chi connectivity index (χ1v) is 6.37. The summed E-state index contributed by atoms with van der Waals surface area (Å²) in [4.78, 5) is 8.03. The standard InChI is InChI=1S/C12H20ClN3O/c1-4-9(5-2)10(17)7-14-11-6-8(3)15-12(13)16-11/h6,9-10,17H,4-5,7H2,1-3H3,(H,14,15,16). The van der Waals surface area contributed by atoms with Gasteiger partial charge >= 0.3 is 0 Å². The Morgan fingerprint density at radius 1 is 1.35 bits per heavy atom. The Balaban J connectivity index is 2.55. The number of halogens is 1. The molecule has 2 N–H and O–H groups in total. The van der Waals surface area contributed by atoms with Crippen LogP contribution in [0.3, 0.4) is 0 Å². The third-order valence-corrected chi connectivity index (χ3v) is 3.08. The van der Waals surface area contributed by atoms with Crippen LogP contribution in [-0.4, -0.2) is 27.7 Å². The van der Waals surface area contributed by atoms with Gasteiger partial charge in [-0.05, 0) is 24.4 Å². The zero-order chi connectivity index (χ0) is 12.8. The van der Waals surface area contributed by atoms with E-state index in [1.165, 1.54) is 0 Å². The van der Waals surface area contributed by atoms with Crippen molar-refractivity contribution in [1.82, 2.24) is 9.97 Å². The summed E-state index contributed by atoms with van der Waals surface area (Å²) in [6.45, 7) is 6.52. The highest BCUT2D eigenvalue weighted by molar-refractivity contribution is 6.28. The Morgan fingerprint density at radius 3 is 2.53 bits per heavy atom. The SMILES string of the molecule is CCC(CC)C(O)CNc1cc(C)nc(Cl)n1. The number of aliphatic hydroxyl groups is 1. The molecular weight excluding hydrogens is 238 g/mol. The predicted octanol–water partition coefficient (Wildman–Crippen LogP) is 2.65. The predicted molar refractivity (Wildman–Crippen MR) is 70.3 cm³/mol. The first-order chi connectivity index (χ1) is 8.06. The van der Waals surface area contributed by atoms with Gasteiger partial charge < -0.3 is 10.4 Å². The number of aryl methyl sites for hydroxylation is 1. The molecule has 4 nitrogen and oxygen atoms in total. The molecule has 0 aliphatic rings. The van der Waals surface area contributed by atoms with Gasteiger partial charge in [0, 0.05) is 18.3 Å². The van der Waals surface area contributed by atoms with Crippen LogP contribution >= 0.6 is 11.6 Å². The molecule has 1 atom stereocenters. The molecule has 1 aromatic rings. The number of hydrogen-bond acceptors (Lipinski definition) is 4. The van der Waals surface area contributed by atoms with Crippen LogP contribution in [0.15, 0.2) is 6.07 Å². The van der Waals surface area contributed by atoms with Crippen LogP contribution in [0.2, 0.25) is 5.28 Å². The van der Waals surface area contributed by atoms with E-state index < -0.39 is 0 Å². The van der Waals surface area contributed by atoms with Crippen molar-refractivity contribution < 1.29 is 5.11 Å². The van der Waals surface area contributed by atoms with Crippen LogP contribution < -0.4 is 5.32 Å². The lowest BCUT2D eigenvalue weighted by Crippen LogP contribution is -2.28. The number of anilines is 1. The molecule has 17 heavy (non-hydrogen) atoms. The average Bonchev–Trinajstić information content (AvgIpc) is 2.27. The molecule has 0 amide bonds. The van der Waals surface area contributed by atoms with E-state index in [2.05, 4.69) is 29.1 Å². The minimum absolute atomic E-state index is 0.226. The van der Waals surface area contributed by atoms with Crippen molar-refractivity contribution in [2.75, 3.05) is 11.9 Å². The monoisotopic (exact) mass is 257 g/mol. The average molecular weight is 258 g/mol. The van der Waals surface area contributed by atoms with E-state index in [0.29, 0.717) is 18.3 Å². The summed E-state index contributed by atoms with van der Waals surface area (Å²) in [6, 6.07) is 1.81. The van der Waals surface area contributed by atoms with E-state index >= 15 is 0 Å². The minimum atomic E-state index is -0.362. The van der Waals surface area contributed by atoms with Crippen LogP contribution in [0.5, 0.6) is 0 Å².